The lowest BCUT2D eigenvalue weighted by atomic mass is 9.99. The fourth-order valence-electron chi connectivity index (χ4n) is 3.39. The third-order valence-electron chi connectivity index (χ3n) is 5.09. The molecule has 0 saturated carbocycles. The molecule has 0 unspecified atom stereocenters. The molecule has 3 heterocycles. The maximum atomic E-state index is 13.5. The third kappa shape index (κ3) is 4.43. The molecule has 1 saturated heterocycles. The normalized spacial score (nSPS) is 16.2. The molecule has 1 N–H and O–H groups in total. The number of H-pyrrole nitrogens is 1. The monoisotopic (exact) mass is 452 g/mol. The average molecular weight is 452 g/mol. The van der Waals surface area contributed by atoms with E-state index in [2.05, 4.69) is 25.1 Å². The number of aromatic amines is 1. The van der Waals surface area contributed by atoms with Crippen molar-refractivity contribution in [1.29, 1.82) is 0 Å². The van der Waals surface area contributed by atoms with Crippen LogP contribution in [-0.4, -0.2) is 55.0 Å². The maximum absolute atomic E-state index is 13.5. The van der Waals surface area contributed by atoms with E-state index in [4.69, 9.17) is 0 Å². The molecule has 1 aliphatic rings. The van der Waals surface area contributed by atoms with Crippen LogP contribution in [0.15, 0.2) is 30.5 Å². The van der Waals surface area contributed by atoms with Crippen molar-refractivity contribution in [2.24, 2.45) is 0 Å². The van der Waals surface area contributed by atoms with E-state index in [1.54, 1.807) is 13.0 Å². The van der Waals surface area contributed by atoms with Crippen molar-refractivity contribution >= 4 is 5.91 Å². The highest BCUT2D eigenvalue weighted by Crippen LogP contribution is 2.33. The highest BCUT2D eigenvalue weighted by molar-refractivity contribution is 6.01. The molecule has 1 aliphatic heterocycles. The molecule has 1 amide bonds. The summed E-state index contributed by atoms with van der Waals surface area (Å²) < 4.78 is 66.6. The van der Waals surface area contributed by atoms with Crippen LogP contribution in [0.4, 0.5) is 22.0 Å². The zero-order valence-corrected chi connectivity index (χ0v) is 16.7. The number of carbonyl (C=O) groups is 1. The number of nitrogens with zero attached hydrogens (tertiary/aromatic N) is 5. The van der Waals surface area contributed by atoms with Crippen LogP contribution in [0.1, 0.15) is 34.7 Å². The third-order valence-corrected chi connectivity index (χ3v) is 5.09. The van der Waals surface area contributed by atoms with Crippen molar-refractivity contribution in [3.8, 4) is 22.8 Å². The molecule has 4 rings (SSSR count). The van der Waals surface area contributed by atoms with Crippen LogP contribution in [0, 0.1) is 6.92 Å². The van der Waals surface area contributed by atoms with E-state index >= 15 is 0 Å². The molecule has 32 heavy (non-hydrogen) atoms. The summed E-state index contributed by atoms with van der Waals surface area (Å²) in [6.45, 7) is 1.34. The van der Waals surface area contributed by atoms with E-state index in [0.717, 1.165) is 12.3 Å². The van der Waals surface area contributed by atoms with Gasteiger partial charge < -0.3 is 9.88 Å². The number of nitrogens with one attached hydrogen (secondary N) is 1. The van der Waals surface area contributed by atoms with Crippen LogP contribution >= 0.6 is 0 Å². The number of piperidine rings is 1. The first-order chi connectivity index (χ1) is 15.0. The lowest BCUT2D eigenvalue weighted by Gasteiger charge is -2.32. The number of aryl methyl sites for hydroxylation is 1. The number of carbonyl (C=O) groups excluding carboxylic acids is 1. The van der Waals surface area contributed by atoms with Crippen molar-refractivity contribution in [3.05, 3.63) is 47.5 Å². The number of benzene rings is 1. The van der Waals surface area contributed by atoms with Gasteiger partial charge in [0, 0.05) is 43.3 Å². The largest absolute Gasteiger partial charge is 0.433 e. The smallest absolute Gasteiger partial charge is 0.338 e. The first-order valence-corrected chi connectivity index (χ1v) is 9.65. The summed E-state index contributed by atoms with van der Waals surface area (Å²) in [6.07, 6.45) is -4.72. The summed E-state index contributed by atoms with van der Waals surface area (Å²) in [7, 11) is 0. The van der Waals surface area contributed by atoms with Gasteiger partial charge in [0.25, 0.3) is 11.8 Å². The van der Waals surface area contributed by atoms with Gasteiger partial charge in [-0.15, -0.1) is 10.2 Å². The number of halogens is 5. The van der Waals surface area contributed by atoms with E-state index in [9.17, 15) is 26.7 Å². The Balaban J connectivity index is 1.79. The fourth-order valence-corrected chi connectivity index (χ4v) is 3.39. The molecule has 168 valence electrons. The molecule has 2 aromatic heterocycles. The van der Waals surface area contributed by atoms with Gasteiger partial charge in [-0.1, -0.05) is 6.07 Å². The standard InChI is InChI=1S/C20H17F5N6O/c1-11-27-16(30-29-11)12-2-3-13(18(32)31-8-5-19(21,22)6-9-31)14(10-12)17-26-7-4-15(28-17)20(23,24)25/h2-4,7,10H,5-6,8-9H2,1H3,(H,27,29,30). The molecular formula is C20H17F5N6O. The van der Waals surface area contributed by atoms with Gasteiger partial charge in [-0.05, 0) is 25.1 Å². The summed E-state index contributed by atoms with van der Waals surface area (Å²) in [5.41, 5.74) is -0.678. The van der Waals surface area contributed by atoms with E-state index in [1.807, 2.05) is 0 Å². The molecule has 0 spiro atoms. The summed E-state index contributed by atoms with van der Waals surface area (Å²) in [4.78, 5) is 24.8. The van der Waals surface area contributed by atoms with Crippen LogP contribution in [0.5, 0.6) is 0 Å². The summed E-state index contributed by atoms with van der Waals surface area (Å²) >= 11 is 0. The first-order valence-electron chi connectivity index (χ1n) is 9.65. The van der Waals surface area contributed by atoms with Gasteiger partial charge in [0.15, 0.2) is 11.6 Å². The minimum absolute atomic E-state index is 0.00882. The van der Waals surface area contributed by atoms with Crippen molar-refractivity contribution in [1.82, 2.24) is 30.0 Å². The highest BCUT2D eigenvalue weighted by atomic mass is 19.4. The second-order valence-corrected chi connectivity index (χ2v) is 7.43. The number of hydrogen-bond acceptors (Lipinski definition) is 5. The molecule has 7 nitrogen and oxygen atoms in total. The predicted molar refractivity (Wildman–Crippen MR) is 103 cm³/mol. The van der Waals surface area contributed by atoms with E-state index < -0.39 is 36.5 Å². The van der Waals surface area contributed by atoms with Crippen molar-refractivity contribution in [2.75, 3.05) is 13.1 Å². The molecule has 0 bridgehead atoms. The number of amides is 1. The van der Waals surface area contributed by atoms with Crippen molar-refractivity contribution < 1.29 is 26.7 Å². The summed E-state index contributed by atoms with van der Waals surface area (Å²) in [5, 5.41) is 7.81. The van der Waals surface area contributed by atoms with Crippen LogP contribution in [-0.2, 0) is 6.18 Å². The average Bonchev–Trinajstić information content (AvgIpc) is 3.19. The Kier molecular flexibility index (Phi) is 5.39. The number of likely N-dealkylation sites (tertiary alicyclic amines) is 1. The molecule has 0 radical (unpaired) electrons. The number of rotatable bonds is 3. The van der Waals surface area contributed by atoms with Crippen LogP contribution in [0.2, 0.25) is 0 Å². The Bertz CT molecular complexity index is 1150. The van der Waals surface area contributed by atoms with Gasteiger partial charge in [0.05, 0.1) is 5.56 Å². The fraction of sp³-hybridized carbons (Fsp3) is 0.350. The minimum atomic E-state index is -4.71. The molecule has 1 aromatic carbocycles. The van der Waals surface area contributed by atoms with Crippen molar-refractivity contribution in [3.63, 3.8) is 0 Å². The Morgan fingerprint density at radius 3 is 2.47 bits per heavy atom. The topological polar surface area (TPSA) is 87.7 Å². The molecule has 0 atom stereocenters. The van der Waals surface area contributed by atoms with Gasteiger partial charge in [0.1, 0.15) is 11.5 Å². The quantitative estimate of drug-likeness (QED) is 0.604. The van der Waals surface area contributed by atoms with Crippen LogP contribution in [0.25, 0.3) is 22.8 Å². The van der Waals surface area contributed by atoms with E-state index in [0.29, 0.717) is 17.2 Å². The van der Waals surface area contributed by atoms with E-state index in [1.165, 1.54) is 17.0 Å². The second-order valence-electron chi connectivity index (χ2n) is 7.43. The summed E-state index contributed by atoms with van der Waals surface area (Å²) in [5.74, 6) is -2.89. The first kappa shape index (κ1) is 21.8. The van der Waals surface area contributed by atoms with Gasteiger partial charge in [-0.2, -0.15) is 13.2 Å². The lowest BCUT2D eigenvalue weighted by Crippen LogP contribution is -2.42. The Labute approximate surface area is 178 Å². The zero-order valence-electron chi connectivity index (χ0n) is 16.7. The number of aromatic nitrogens is 5. The lowest BCUT2D eigenvalue weighted by molar-refractivity contribution is -0.141. The Morgan fingerprint density at radius 2 is 1.84 bits per heavy atom. The number of alkyl halides is 5. The SMILES string of the molecule is Cc1nnc(-c2ccc(C(=O)N3CCC(F)(F)CC3)c(-c3nccc(C(F)(F)F)n3)c2)[nH]1. The molecular weight excluding hydrogens is 435 g/mol. The number of hydrogen-bond donors (Lipinski definition) is 1. The van der Waals surface area contributed by atoms with E-state index in [-0.39, 0.29) is 30.0 Å². The maximum Gasteiger partial charge on any atom is 0.433 e. The van der Waals surface area contributed by atoms with Gasteiger partial charge in [-0.25, -0.2) is 18.7 Å². The van der Waals surface area contributed by atoms with Crippen LogP contribution < -0.4 is 0 Å². The van der Waals surface area contributed by atoms with Gasteiger partial charge in [-0.3, -0.25) is 4.79 Å². The Morgan fingerprint density at radius 1 is 1.12 bits per heavy atom. The van der Waals surface area contributed by atoms with Gasteiger partial charge in [0.2, 0.25) is 0 Å². The molecule has 12 heteroatoms. The van der Waals surface area contributed by atoms with Crippen LogP contribution in [0.3, 0.4) is 0 Å². The molecule has 0 aliphatic carbocycles. The minimum Gasteiger partial charge on any atom is -0.338 e. The van der Waals surface area contributed by atoms with Gasteiger partial charge >= 0.3 is 6.18 Å². The van der Waals surface area contributed by atoms with Crippen molar-refractivity contribution in [2.45, 2.75) is 31.9 Å². The highest BCUT2D eigenvalue weighted by Gasteiger charge is 2.37. The Hall–Kier alpha value is -3.44. The second kappa shape index (κ2) is 7.92. The molecule has 3 aromatic rings. The zero-order chi connectivity index (χ0) is 23.1. The predicted octanol–water partition coefficient (Wildman–Crippen LogP) is 4.13. The summed E-state index contributed by atoms with van der Waals surface area (Å²) in [6, 6.07) is 5.10. The molecule has 1 fully saturated rings.